The van der Waals surface area contributed by atoms with E-state index >= 15 is 0 Å². The summed E-state index contributed by atoms with van der Waals surface area (Å²) in [4.78, 5) is 38.0. The molecule has 0 unspecified atom stereocenters. The first-order valence-corrected chi connectivity index (χ1v) is 8.25. The number of methoxy groups -OCH3 is 2. The first kappa shape index (κ1) is 19.2. The Morgan fingerprint density at radius 1 is 1.07 bits per heavy atom. The fourth-order valence-corrected chi connectivity index (χ4v) is 2.70. The van der Waals surface area contributed by atoms with Crippen LogP contribution in [-0.4, -0.2) is 45.4 Å². The Morgan fingerprint density at radius 2 is 1.86 bits per heavy atom. The Labute approximate surface area is 160 Å². The summed E-state index contributed by atoms with van der Waals surface area (Å²) in [5.41, 5.74) is 1.05. The zero-order valence-corrected chi connectivity index (χ0v) is 15.3. The van der Waals surface area contributed by atoms with Crippen molar-refractivity contribution in [3.05, 3.63) is 59.7 Å². The van der Waals surface area contributed by atoms with E-state index in [0.29, 0.717) is 11.4 Å². The third-order valence-corrected chi connectivity index (χ3v) is 3.99. The third kappa shape index (κ3) is 3.89. The van der Waals surface area contributed by atoms with Crippen LogP contribution in [0.3, 0.4) is 0 Å². The normalized spacial score (nSPS) is 13.9. The van der Waals surface area contributed by atoms with Gasteiger partial charge >= 0.3 is 11.9 Å². The van der Waals surface area contributed by atoms with Crippen molar-refractivity contribution in [2.24, 2.45) is 0 Å². The summed E-state index contributed by atoms with van der Waals surface area (Å²) >= 11 is 0. The highest BCUT2D eigenvalue weighted by Gasteiger charge is 2.32. The van der Waals surface area contributed by atoms with Crippen molar-refractivity contribution in [3.63, 3.8) is 0 Å². The molecule has 1 amide bonds. The molecule has 0 atom stereocenters. The summed E-state index contributed by atoms with van der Waals surface area (Å²) in [7, 11) is 2.44. The number of carbonyl (C=O) groups excluding carboxylic acids is 3. The number of ether oxygens (including phenoxy) is 3. The van der Waals surface area contributed by atoms with Gasteiger partial charge in [-0.25, -0.2) is 9.59 Å². The zero-order valence-electron chi connectivity index (χ0n) is 15.3. The lowest BCUT2D eigenvalue weighted by Gasteiger charge is -2.31. The first-order valence-electron chi connectivity index (χ1n) is 8.25. The lowest BCUT2D eigenvalue weighted by Crippen LogP contribution is -2.38. The van der Waals surface area contributed by atoms with Gasteiger partial charge in [-0.1, -0.05) is 6.07 Å². The molecule has 146 valence electrons. The number of rotatable bonds is 5. The molecule has 0 bridgehead atoms. The highest BCUT2D eigenvalue weighted by atomic mass is 16.5. The Balaban J connectivity index is 1.94. The monoisotopic (exact) mass is 386 g/mol. The first-order chi connectivity index (χ1) is 13.5. The van der Waals surface area contributed by atoms with Crippen molar-refractivity contribution in [2.45, 2.75) is 0 Å². The standard InChI is InChI=1S/C19H18N2O7/c1-25-18(23)14-10-27-11-21(16(14)19(24)26-2)13-6-3-5-12(9-13)20-17(22)15-7-4-8-28-15/h3-9H,10-11H2,1-2H3,(H,20,22). The minimum atomic E-state index is -0.700. The van der Waals surface area contributed by atoms with E-state index in [1.54, 1.807) is 36.4 Å². The molecule has 1 N–H and O–H groups in total. The van der Waals surface area contributed by atoms with E-state index in [1.165, 1.54) is 25.4 Å². The van der Waals surface area contributed by atoms with Crippen molar-refractivity contribution in [2.75, 3.05) is 37.8 Å². The second-order valence-electron chi connectivity index (χ2n) is 5.70. The van der Waals surface area contributed by atoms with Crippen molar-refractivity contribution >= 4 is 29.2 Å². The fourth-order valence-electron chi connectivity index (χ4n) is 2.70. The van der Waals surface area contributed by atoms with Crippen molar-refractivity contribution in [3.8, 4) is 0 Å². The highest BCUT2D eigenvalue weighted by Crippen LogP contribution is 2.28. The number of amides is 1. The largest absolute Gasteiger partial charge is 0.466 e. The fraction of sp³-hybridized carbons (Fsp3) is 0.211. The topological polar surface area (TPSA) is 107 Å². The molecule has 28 heavy (non-hydrogen) atoms. The van der Waals surface area contributed by atoms with Gasteiger partial charge in [-0.3, -0.25) is 4.79 Å². The van der Waals surface area contributed by atoms with E-state index in [1.807, 2.05) is 0 Å². The average molecular weight is 386 g/mol. The second kappa shape index (κ2) is 8.40. The number of carbonyl (C=O) groups is 3. The summed E-state index contributed by atoms with van der Waals surface area (Å²) in [5, 5.41) is 2.70. The second-order valence-corrected chi connectivity index (χ2v) is 5.70. The molecular formula is C19H18N2O7. The molecule has 1 aliphatic rings. The minimum Gasteiger partial charge on any atom is -0.466 e. The molecule has 1 aromatic heterocycles. The summed E-state index contributed by atoms with van der Waals surface area (Å²) in [5.74, 6) is -1.65. The quantitative estimate of drug-likeness (QED) is 0.777. The van der Waals surface area contributed by atoms with Gasteiger partial charge in [-0.15, -0.1) is 0 Å². The molecule has 1 aromatic carbocycles. The minimum absolute atomic E-state index is 0.0144. The maximum Gasteiger partial charge on any atom is 0.355 e. The Kier molecular flexibility index (Phi) is 5.75. The number of benzene rings is 1. The van der Waals surface area contributed by atoms with Crippen LogP contribution in [0.2, 0.25) is 0 Å². The molecule has 0 saturated carbocycles. The summed E-state index contributed by atoms with van der Waals surface area (Å²) < 4.78 is 20.1. The van der Waals surface area contributed by atoms with Gasteiger partial charge in [0.15, 0.2) is 5.76 Å². The predicted molar refractivity (Wildman–Crippen MR) is 97.5 cm³/mol. The van der Waals surface area contributed by atoms with Crippen molar-refractivity contribution < 1.29 is 33.0 Å². The molecule has 0 radical (unpaired) electrons. The van der Waals surface area contributed by atoms with E-state index in [2.05, 4.69) is 5.32 Å². The predicted octanol–water partition coefficient (Wildman–Crippen LogP) is 1.93. The van der Waals surface area contributed by atoms with Crippen LogP contribution in [0.25, 0.3) is 0 Å². The number of furan rings is 1. The number of hydrogen-bond acceptors (Lipinski definition) is 8. The van der Waals surface area contributed by atoms with Crippen LogP contribution in [0.4, 0.5) is 11.4 Å². The van der Waals surface area contributed by atoms with Crippen LogP contribution in [0.15, 0.2) is 58.3 Å². The molecule has 2 aromatic rings. The molecule has 1 aliphatic heterocycles. The molecule has 9 heteroatoms. The van der Waals surface area contributed by atoms with E-state index in [0.717, 1.165) is 0 Å². The van der Waals surface area contributed by atoms with E-state index in [-0.39, 0.29) is 30.4 Å². The van der Waals surface area contributed by atoms with Gasteiger partial charge in [0.1, 0.15) is 12.4 Å². The molecule has 9 nitrogen and oxygen atoms in total. The van der Waals surface area contributed by atoms with Crippen molar-refractivity contribution in [1.82, 2.24) is 0 Å². The molecule has 2 heterocycles. The van der Waals surface area contributed by atoms with E-state index in [4.69, 9.17) is 18.6 Å². The number of nitrogens with zero attached hydrogens (tertiary/aromatic N) is 1. The molecule has 3 rings (SSSR count). The van der Waals surface area contributed by atoms with Gasteiger partial charge in [0.05, 0.1) is 32.7 Å². The van der Waals surface area contributed by atoms with Gasteiger partial charge in [0.25, 0.3) is 5.91 Å². The molecule has 0 fully saturated rings. The van der Waals surface area contributed by atoms with E-state index in [9.17, 15) is 14.4 Å². The zero-order chi connectivity index (χ0) is 20.1. The smallest absolute Gasteiger partial charge is 0.355 e. The summed E-state index contributed by atoms with van der Waals surface area (Å²) in [6.45, 7) is -0.0664. The third-order valence-electron chi connectivity index (χ3n) is 3.99. The van der Waals surface area contributed by atoms with Gasteiger partial charge < -0.3 is 28.8 Å². The van der Waals surface area contributed by atoms with Gasteiger partial charge in [-0.2, -0.15) is 0 Å². The lowest BCUT2D eigenvalue weighted by atomic mass is 10.1. The Morgan fingerprint density at radius 3 is 2.54 bits per heavy atom. The molecule has 0 spiro atoms. The van der Waals surface area contributed by atoms with Crippen LogP contribution in [0.5, 0.6) is 0 Å². The number of esters is 2. The van der Waals surface area contributed by atoms with E-state index < -0.39 is 17.8 Å². The Bertz CT molecular complexity index is 918. The van der Waals surface area contributed by atoms with Gasteiger partial charge in [-0.05, 0) is 30.3 Å². The van der Waals surface area contributed by atoms with Gasteiger partial charge in [0, 0.05) is 11.4 Å². The average Bonchev–Trinajstić information content (AvgIpc) is 3.27. The van der Waals surface area contributed by atoms with Gasteiger partial charge in [0.2, 0.25) is 0 Å². The SMILES string of the molecule is COC(=O)C1=C(C(=O)OC)N(c2cccc(NC(=O)c3ccco3)c2)COC1. The molecule has 0 aliphatic carbocycles. The number of hydrogen-bond donors (Lipinski definition) is 1. The van der Waals surface area contributed by atoms with Crippen LogP contribution in [-0.2, 0) is 23.8 Å². The maximum atomic E-state index is 12.3. The number of anilines is 2. The highest BCUT2D eigenvalue weighted by molar-refractivity contribution is 6.04. The molecule has 0 saturated heterocycles. The van der Waals surface area contributed by atoms with Crippen LogP contribution < -0.4 is 10.2 Å². The van der Waals surface area contributed by atoms with Crippen LogP contribution in [0.1, 0.15) is 10.6 Å². The number of nitrogens with one attached hydrogen (secondary N) is 1. The maximum absolute atomic E-state index is 12.3. The van der Waals surface area contributed by atoms with Crippen LogP contribution in [0, 0.1) is 0 Å². The summed E-state index contributed by atoms with van der Waals surface area (Å²) in [6, 6.07) is 9.85. The van der Waals surface area contributed by atoms with Crippen LogP contribution >= 0.6 is 0 Å². The lowest BCUT2D eigenvalue weighted by molar-refractivity contribution is -0.140. The van der Waals surface area contributed by atoms with Crippen molar-refractivity contribution in [1.29, 1.82) is 0 Å². The Hall–Kier alpha value is -3.59. The summed E-state index contributed by atoms with van der Waals surface area (Å²) in [6.07, 6.45) is 1.40. The molecular weight excluding hydrogens is 368 g/mol.